The Labute approximate surface area is 159 Å². The SMILES string of the molecule is CSc1nnc(CCCNC(=O)CCc2cccnc2)n1C1CCCC1. The first kappa shape index (κ1) is 18.9. The smallest absolute Gasteiger partial charge is 0.220 e. The van der Waals surface area contributed by atoms with Gasteiger partial charge in [0.15, 0.2) is 5.16 Å². The number of rotatable bonds is 9. The van der Waals surface area contributed by atoms with Crippen LogP contribution in [0, 0.1) is 0 Å². The molecule has 0 atom stereocenters. The topological polar surface area (TPSA) is 72.7 Å². The number of carbonyl (C=O) groups excluding carboxylic acids is 1. The first-order chi connectivity index (χ1) is 12.8. The molecule has 0 unspecified atom stereocenters. The molecule has 0 saturated heterocycles. The maximum atomic E-state index is 12.0. The summed E-state index contributed by atoms with van der Waals surface area (Å²) in [7, 11) is 0. The monoisotopic (exact) mass is 373 g/mol. The van der Waals surface area contributed by atoms with Gasteiger partial charge in [-0.15, -0.1) is 10.2 Å². The molecular formula is C19H27N5OS. The molecular weight excluding hydrogens is 346 g/mol. The minimum atomic E-state index is 0.0934. The highest BCUT2D eigenvalue weighted by Gasteiger charge is 2.23. The lowest BCUT2D eigenvalue weighted by atomic mass is 10.1. The van der Waals surface area contributed by atoms with Crippen LogP contribution in [0.25, 0.3) is 0 Å². The molecule has 0 aliphatic heterocycles. The Morgan fingerprint density at radius 2 is 2.15 bits per heavy atom. The van der Waals surface area contributed by atoms with Gasteiger partial charge in [0, 0.05) is 37.8 Å². The van der Waals surface area contributed by atoms with Crippen molar-refractivity contribution in [1.82, 2.24) is 25.1 Å². The molecule has 1 N–H and O–H groups in total. The zero-order valence-corrected chi connectivity index (χ0v) is 16.2. The highest BCUT2D eigenvalue weighted by Crippen LogP contribution is 2.33. The number of hydrogen-bond donors (Lipinski definition) is 1. The molecule has 7 heteroatoms. The summed E-state index contributed by atoms with van der Waals surface area (Å²) in [5.74, 6) is 1.15. The van der Waals surface area contributed by atoms with E-state index in [1.807, 2.05) is 18.3 Å². The van der Waals surface area contributed by atoms with E-state index in [-0.39, 0.29) is 5.91 Å². The summed E-state index contributed by atoms with van der Waals surface area (Å²) in [6.45, 7) is 0.679. The summed E-state index contributed by atoms with van der Waals surface area (Å²) in [5, 5.41) is 12.8. The van der Waals surface area contributed by atoms with Crippen molar-refractivity contribution in [3.63, 3.8) is 0 Å². The highest BCUT2D eigenvalue weighted by atomic mass is 32.2. The predicted molar refractivity (Wildman–Crippen MR) is 103 cm³/mol. The number of carbonyl (C=O) groups is 1. The third-order valence-electron chi connectivity index (χ3n) is 4.87. The fourth-order valence-corrected chi connectivity index (χ4v) is 4.09. The first-order valence-corrected chi connectivity index (χ1v) is 10.6. The lowest BCUT2D eigenvalue weighted by molar-refractivity contribution is -0.121. The van der Waals surface area contributed by atoms with Crippen molar-refractivity contribution in [3.05, 3.63) is 35.9 Å². The zero-order valence-electron chi connectivity index (χ0n) is 15.4. The van der Waals surface area contributed by atoms with Crippen LogP contribution < -0.4 is 5.32 Å². The number of nitrogens with zero attached hydrogens (tertiary/aromatic N) is 4. The maximum absolute atomic E-state index is 12.0. The van der Waals surface area contributed by atoms with Gasteiger partial charge in [-0.2, -0.15) is 0 Å². The fourth-order valence-electron chi connectivity index (χ4n) is 3.51. The van der Waals surface area contributed by atoms with Crippen molar-refractivity contribution in [1.29, 1.82) is 0 Å². The quantitative estimate of drug-likeness (QED) is 0.540. The van der Waals surface area contributed by atoms with E-state index in [1.54, 1.807) is 18.0 Å². The Balaban J connectivity index is 1.42. The average molecular weight is 374 g/mol. The van der Waals surface area contributed by atoms with Gasteiger partial charge in [-0.3, -0.25) is 9.78 Å². The van der Waals surface area contributed by atoms with E-state index in [4.69, 9.17) is 0 Å². The number of aromatic nitrogens is 4. The standard InChI is InChI=1S/C19H27N5OS/c1-26-19-23-22-17(24(19)16-7-2-3-8-16)9-5-13-21-18(25)11-10-15-6-4-12-20-14-15/h4,6,12,14,16H,2-3,5,7-11,13H2,1H3,(H,21,25). The van der Waals surface area contributed by atoms with Gasteiger partial charge in [-0.25, -0.2) is 0 Å². The molecule has 1 fully saturated rings. The molecule has 6 nitrogen and oxygen atoms in total. The maximum Gasteiger partial charge on any atom is 0.220 e. The van der Waals surface area contributed by atoms with Crippen molar-refractivity contribution in [2.75, 3.05) is 12.8 Å². The van der Waals surface area contributed by atoms with E-state index in [9.17, 15) is 4.79 Å². The Morgan fingerprint density at radius 3 is 2.88 bits per heavy atom. The molecule has 0 spiro atoms. The van der Waals surface area contributed by atoms with Crippen LogP contribution in [0.4, 0.5) is 0 Å². The van der Waals surface area contributed by atoms with Crippen molar-refractivity contribution >= 4 is 17.7 Å². The van der Waals surface area contributed by atoms with Crippen molar-refractivity contribution < 1.29 is 4.79 Å². The molecule has 3 rings (SSSR count). The van der Waals surface area contributed by atoms with Crippen LogP contribution in [0.5, 0.6) is 0 Å². The number of nitrogens with one attached hydrogen (secondary N) is 1. The highest BCUT2D eigenvalue weighted by molar-refractivity contribution is 7.98. The van der Waals surface area contributed by atoms with Crippen molar-refractivity contribution in [3.8, 4) is 0 Å². The summed E-state index contributed by atoms with van der Waals surface area (Å²) < 4.78 is 2.34. The molecule has 1 aliphatic rings. The van der Waals surface area contributed by atoms with Gasteiger partial charge in [0.1, 0.15) is 5.82 Å². The molecule has 2 aromatic heterocycles. The van der Waals surface area contributed by atoms with E-state index < -0.39 is 0 Å². The van der Waals surface area contributed by atoms with E-state index in [0.717, 1.165) is 35.8 Å². The predicted octanol–water partition coefficient (Wildman–Crippen LogP) is 3.19. The van der Waals surface area contributed by atoms with E-state index in [0.29, 0.717) is 19.0 Å². The Bertz CT molecular complexity index is 697. The summed E-state index contributed by atoms with van der Waals surface area (Å²) in [6.07, 6.45) is 13.6. The van der Waals surface area contributed by atoms with Gasteiger partial charge >= 0.3 is 0 Å². The zero-order chi connectivity index (χ0) is 18.2. The van der Waals surface area contributed by atoms with E-state index in [2.05, 4.69) is 31.3 Å². The van der Waals surface area contributed by atoms with Crippen LogP contribution in [0.2, 0.25) is 0 Å². The molecule has 2 heterocycles. The van der Waals surface area contributed by atoms with Gasteiger partial charge in [0.2, 0.25) is 5.91 Å². The largest absolute Gasteiger partial charge is 0.356 e. The van der Waals surface area contributed by atoms with Crippen LogP contribution in [-0.2, 0) is 17.6 Å². The average Bonchev–Trinajstić information content (AvgIpc) is 3.33. The Kier molecular flexibility index (Phi) is 7.05. The second kappa shape index (κ2) is 9.71. The van der Waals surface area contributed by atoms with Crippen LogP contribution >= 0.6 is 11.8 Å². The van der Waals surface area contributed by atoms with E-state index in [1.165, 1.54) is 25.7 Å². The molecule has 1 amide bonds. The number of hydrogen-bond acceptors (Lipinski definition) is 5. The number of thioether (sulfide) groups is 1. The molecule has 1 saturated carbocycles. The van der Waals surface area contributed by atoms with Crippen LogP contribution in [-0.4, -0.2) is 38.5 Å². The third kappa shape index (κ3) is 5.06. The summed E-state index contributed by atoms with van der Waals surface area (Å²) in [4.78, 5) is 16.1. The molecule has 26 heavy (non-hydrogen) atoms. The van der Waals surface area contributed by atoms with Crippen molar-refractivity contribution in [2.45, 2.75) is 62.6 Å². The van der Waals surface area contributed by atoms with Gasteiger partial charge in [-0.1, -0.05) is 30.7 Å². The Hall–Kier alpha value is -1.89. The molecule has 1 aliphatic carbocycles. The van der Waals surface area contributed by atoms with Gasteiger partial charge in [0.25, 0.3) is 0 Å². The summed E-state index contributed by atoms with van der Waals surface area (Å²) in [5.41, 5.74) is 1.09. The van der Waals surface area contributed by atoms with Gasteiger partial charge in [-0.05, 0) is 43.6 Å². The fraction of sp³-hybridized carbons (Fsp3) is 0.579. The van der Waals surface area contributed by atoms with Gasteiger partial charge in [0.05, 0.1) is 0 Å². The summed E-state index contributed by atoms with van der Waals surface area (Å²) >= 11 is 1.67. The molecule has 140 valence electrons. The molecule has 2 aromatic rings. The number of amides is 1. The lowest BCUT2D eigenvalue weighted by Crippen LogP contribution is -2.25. The van der Waals surface area contributed by atoms with Crippen molar-refractivity contribution in [2.24, 2.45) is 0 Å². The normalized spacial score (nSPS) is 14.7. The van der Waals surface area contributed by atoms with E-state index >= 15 is 0 Å². The first-order valence-electron chi connectivity index (χ1n) is 9.41. The van der Waals surface area contributed by atoms with Gasteiger partial charge < -0.3 is 9.88 Å². The Morgan fingerprint density at radius 1 is 1.31 bits per heavy atom. The van der Waals surface area contributed by atoms with Crippen LogP contribution in [0.15, 0.2) is 29.7 Å². The minimum Gasteiger partial charge on any atom is -0.356 e. The second-order valence-electron chi connectivity index (χ2n) is 6.73. The number of pyridine rings is 1. The molecule has 0 radical (unpaired) electrons. The van der Waals surface area contributed by atoms with Crippen LogP contribution in [0.1, 0.15) is 56.0 Å². The van der Waals surface area contributed by atoms with Crippen LogP contribution in [0.3, 0.4) is 0 Å². The third-order valence-corrected chi connectivity index (χ3v) is 5.51. The second-order valence-corrected chi connectivity index (χ2v) is 7.50. The molecule has 0 aromatic carbocycles. The minimum absolute atomic E-state index is 0.0934. The summed E-state index contributed by atoms with van der Waals surface area (Å²) in [6, 6.07) is 4.45. The lowest BCUT2D eigenvalue weighted by Gasteiger charge is -2.16. The number of aryl methyl sites for hydroxylation is 2. The molecule has 0 bridgehead atoms.